The van der Waals surface area contributed by atoms with Crippen LogP contribution >= 0.6 is 11.8 Å². The Morgan fingerprint density at radius 3 is 2.47 bits per heavy atom. The van der Waals surface area contributed by atoms with Crippen LogP contribution in [0, 0.1) is 6.92 Å². The highest BCUT2D eigenvalue weighted by Gasteiger charge is 2.20. The van der Waals surface area contributed by atoms with Gasteiger partial charge in [-0.15, -0.1) is 0 Å². The SMILES string of the molecule is CCOc1ccc(-n2c(SCc3nc(-c4cccc(OC)c4OC)oc3C)nc3ccccc3c2=O)cc1. The molecule has 9 heteroatoms. The van der Waals surface area contributed by atoms with Gasteiger partial charge < -0.3 is 18.6 Å². The summed E-state index contributed by atoms with van der Waals surface area (Å²) < 4.78 is 24.2. The third-order valence-electron chi connectivity index (χ3n) is 6.01. The van der Waals surface area contributed by atoms with Gasteiger partial charge in [-0.25, -0.2) is 9.97 Å². The first kappa shape index (κ1) is 25.4. The number of rotatable bonds is 9. The maximum atomic E-state index is 13.6. The predicted molar refractivity (Wildman–Crippen MR) is 148 cm³/mol. The largest absolute Gasteiger partial charge is 0.494 e. The zero-order valence-electron chi connectivity index (χ0n) is 21.6. The van der Waals surface area contributed by atoms with Gasteiger partial charge >= 0.3 is 0 Å². The van der Waals surface area contributed by atoms with E-state index in [1.165, 1.54) is 11.8 Å². The van der Waals surface area contributed by atoms with Crippen molar-refractivity contribution in [3.63, 3.8) is 0 Å². The van der Waals surface area contributed by atoms with E-state index in [9.17, 15) is 4.79 Å². The molecule has 0 radical (unpaired) electrons. The van der Waals surface area contributed by atoms with Crippen LogP contribution < -0.4 is 19.8 Å². The van der Waals surface area contributed by atoms with Crippen molar-refractivity contribution in [2.45, 2.75) is 24.8 Å². The van der Waals surface area contributed by atoms with Crippen LogP contribution in [0.1, 0.15) is 18.4 Å². The van der Waals surface area contributed by atoms with Gasteiger partial charge in [0.25, 0.3) is 5.56 Å². The van der Waals surface area contributed by atoms with E-state index in [0.29, 0.717) is 62.8 Å². The molecule has 0 spiro atoms. The van der Waals surface area contributed by atoms with Gasteiger partial charge in [0.2, 0.25) is 5.89 Å². The smallest absolute Gasteiger partial charge is 0.266 e. The van der Waals surface area contributed by atoms with Gasteiger partial charge in [0.1, 0.15) is 11.5 Å². The van der Waals surface area contributed by atoms with Gasteiger partial charge in [0.15, 0.2) is 16.7 Å². The zero-order valence-corrected chi connectivity index (χ0v) is 22.4. The second-order valence-corrected chi connectivity index (χ2v) is 9.27. The molecule has 0 aliphatic heterocycles. The monoisotopic (exact) mass is 529 g/mol. The van der Waals surface area contributed by atoms with E-state index in [0.717, 1.165) is 11.4 Å². The molecule has 0 saturated carbocycles. The second kappa shape index (κ2) is 11.0. The number of ether oxygens (including phenoxy) is 3. The number of oxazole rings is 1. The fourth-order valence-corrected chi connectivity index (χ4v) is 5.17. The minimum absolute atomic E-state index is 0.138. The molecule has 38 heavy (non-hydrogen) atoms. The van der Waals surface area contributed by atoms with Crippen molar-refractivity contribution in [3.05, 3.63) is 88.5 Å². The first-order valence-electron chi connectivity index (χ1n) is 12.1. The van der Waals surface area contributed by atoms with E-state index in [1.54, 1.807) is 24.9 Å². The van der Waals surface area contributed by atoms with Crippen LogP contribution in [0.15, 0.2) is 81.1 Å². The molecule has 0 amide bonds. The lowest BCUT2D eigenvalue weighted by Crippen LogP contribution is -2.21. The minimum atomic E-state index is -0.138. The quantitative estimate of drug-likeness (QED) is 0.168. The summed E-state index contributed by atoms with van der Waals surface area (Å²) in [5.41, 5.74) is 2.65. The zero-order chi connectivity index (χ0) is 26.6. The number of benzene rings is 3. The van der Waals surface area contributed by atoms with E-state index in [4.69, 9.17) is 28.6 Å². The van der Waals surface area contributed by atoms with Crippen molar-refractivity contribution in [3.8, 4) is 34.4 Å². The molecule has 8 nitrogen and oxygen atoms in total. The highest BCUT2D eigenvalue weighted by molar-refractivity contribution is 7.98. The molecular weight excluding hydrogens is 502 g/mol. The average Bonchev–Trinajstić information content (AvgIpc) is 3.32. The van der Waals surface area contributed by atoms with E-state index in [-0.39, 0.29) is 5.56 Å². The summed E-state index contributed by atoms with van der Waals surface area (Å²) in [6.07, 6.45) is 0. The molecule has 0 aliphatic rings. The van der Waals surface area contributed by atoms with Crippen LogP contribution in [-0.2, 0) is 5.75 Å². The Morgan fingerprint density at radius 1 is 0.947 bits per heavy atom. The van der Waals surface area contributed by atoms with Crippen molar-refractivity contribution in [1.82, 2.24) is 14.5 Å². The third-order valence-corrected chi connectivity index (χ3v) is 6.96. The van der Waals surface area contributed by atoms with Crippen molar-refractivity contribution in [2.24, 2.45) is 0 Å². The first-order valence-corrected chi connectivity index (χ1v) is 13.1. The number of nitrogens with zero attached hydrogens (tertiary/aromatic N) is 3. The summed E-state index contributed by atoms with van der Waals surface area (Å²) in [4.78, 5) is 23.2. The lowest BCUT2D eigenvalue weighted by molar-refractivity contribution is 0.340. The number of hydrogen-bond acceptors (Lipinski definition) is 8. The Bertz CT molecular complexity index is 1640. The molecule has 0 saturated heterocycles. The van der Waals surface area contributed by atoms with E-state index < -0.39 is 0 Å². The summed E-state index contributed by atoms with van der Waals surface area (Å²) in [6.45, 7) is 4.37. The van der Waals surface area contributed by atoms with E-state index in [2.05, 4.69) is 0 Å². The molecule has 0 unspecified atom stereocenters. The molecule has 5 rings (SSSR count). The summed E-state index contributed by atoms with van der Waals surface area (Å²) in [5, 5.41) is 1.11. The van der Waals surface area contributed by atoms with Crippen molar-refractivity contribution in [2.75, 3.05) is 20.8 Å². The number of thioether (sulfide) groups is 1. The maximum absolute atomic E-state index is 13.6. The van der Waals surface area contributed by atoms with E-state index in [1.807, 2.05) is 74.5 Å². The third kappa shape index (κ3) is 4.84. The van der Waals surface area contributed by atoms with Gasteiger partial charge in [-0.3, -0.25) is 9.36 Å². The van der Waals surface area contributed by atoms with Gasteiger partial charge in [0.05, 0.1) is 48.7 Å². The minimum Gasteiger partial charge on any atom is -0.494 e. The summed E-state index contributed by atoms with van der Waals surface area (Å²) in [7, 11) is 3.17. The summed E-state index contributed by atoms with van der Waals surface area (Å²) in [5.74, 6) is 3.44. The summed E-state index contributed by atoms with van der Waals surface area (Å²) in [6, 6.07) is 20.3. The fraction of sp³-hybridized carbons (Fsp3) is 0.207. The van der Waals surface area contributed by atoms with Crippen LogP contribution in [0.3, 0.4) is 0 Å². The molecular formula is C29H27N3O5S. The molecule has 194 valence electrons. The molecule has 2 aromatic heterocycles. The molecule has 2 heterocycles. The van der Waals surface area contributed by atoms with Crippen molar-refractivity contribution >= 4 is 22.7 Å². The first-order chi connectivity index (χ1) is 18.5. The molecule has 0 N–H and O–H groups in total. The Morgan fingerprint density at radius 2 is 1.74 bits per heavy atom. The molecule has 0 fully saturated rings. The fourth-order valence-electron chi connectivity index (χ4n) is 4.16. The topological polar surface area (TPSA) is 88.6 Å². The van der Waals surface area contributed by atoms with Crippen molar-refractivity contribution in [1.29, 1.82) is 0 Å². The number of para-hydroxylation sites is 2. The number of aromatic nitrogens is 3. The second-order valence-electron chi connectivity index (χ2n) is 8.33. The van der Waals surface area contributed by atoms with Crippen LogP contribution in [0.4, 0.5) is 0 Å². The van der Waals surface area contributed by atoms with Crippen molar-refractivity contribution < 1.29 is 18.6 Å². The molecule has 0 atom stereocenters. The van der Waals surface area contributed by atoms with E-state index >= 15 is 0 Å². The van der Waals surface area contributed by atoms with Gasteiger partial charge in [-0.2, -0.15) is 0 Å². The van der Waals surface area contributed by atoms with Gasteiger partial charge in [0, 0.05) is 5.75 Å². The number of hydrogen-bond donors (Lipinski definition) is 0. The predicted octanol–water partition coefficient (Wildman–Crippen LogP) is 6.06. The number of methoxy groups -OCH3 is 2. The van der Waals surface area contributed by atoms with Gasteiger partial charge in [-0.1, -0.05) is 30.0 Å². The van der Waals surface area contributed by atoms with Crippen LogP contribution in [-0.4, -0.2) is 35.4 Å². The number of aryl methyl sites for hydroxylation is 1. The lowest BCUT2D eigenvalue weighted by Gasteiger charge is -2.13. The lowest BCUT2D eigenvalue weighted by atomic mass is 10.2. The highest BCUT2D eigenvalue weighted by atomic mass is 32.2. The normalized spacial score (nSPS) is 11.1. The standard InChI is InChI=1S/C29H27N3O5S/c1-5-36-20-15-13-19(14-16-20)32-28(33)21-9-6-7-11-23(21)31-29(32)38-17-24-18(2)37-27(30-24)22-10-8-12-25(34-3)26(22)35-4/h6-16H,5,17H2,1-4H3. The average molecular weight is 530 g/mol. The van der Waals surface area contributed by atoms with Gasteiger partial charge in [-0.05, 0) is 62.4 Å². The number of fused-ring (bicyclic) bond motifs is 1. The van der Waals surface area contributed by atoms with Crippen LogP contribution in [0.5, 0.6) is 17.2 Å². The Labute approximate surface area is 224 Å². The Balaban J connectivity index is 1.52. The molecule has 0 bridgehead atoms. The highest BCUT2D eigenvalue weighted by Crippen LogP contribution is 2.38. The molecule has 3 aromatic carbocycles. The molecule has 5 aromatic rings. The van der Waals surface area contributed by atoms with Crippen LogP contribution in [0.25, 0.3) is 28.0 Å². The van der Waals surface area contributed by atoms with Crippen LogP contribution in [0.2, 0.25) is 0 Å². The summed E-state index contributed by atoms with van der Waals surface area (Å²) >= 11 is 1.42. The Kier molecular flexibility index (Phi) is 7.37. The molecule has 0 aliphatic carbocycles. The Hall–Kier alpha value is -4.24. The maximum Gasteiger partial charge on any atom is 0.266 e.